The molecule has 0 spiro atoms. The largest absolute Gasteiger partial charge is 0.330 e. The van der Waals surface area contributed by atoms with Crippen LogP contribution in [0.5, 0.6) is 0 Å². The lowest BCUT2D eigenvalue weighted by molar-refractivity contribution is 0.435. The monoisotopic (exact) mass is 175 g/mol. The van der Waals surface area contributed by atoms with Crippen molar-refractivity contribution in [3.8, 4) is 0 Å². The number of nitrogens with two attached hydrogens (primary N) is 1. The summed E-state index contributed by atoms with van der Waals surface area (Å²) in [6.45, 7) is 3.14. The molecular weight excluding hydrogens is 158 g/mol. The first-order valence-electron chi connectivity index (χ1n) is 5.03. The van der Waals surface area contributed by atoms with Crippen molar-refractivity contribution >= 4 is 0 Å². The Hall–Kier alpha value is -0.820. The fourth-order valence-electron chi connectivity index (χ4n) is 2.07. The molecule has 13 heavy (non-hydrogen) atoms. The summed E-state index contributed by atoms with van der Waals surface area (Å²) in [5.74, 6) is 0.624. The molecule has 1 nitrogen and oxygen atoms in total. The minimum Gasteiger partial charge on any atom is -0.330 e. The van der Waals surface area contributed by atoms with Crippen LogP contribution in [0.25, 0.3) is 0 Å². The molecule has 0 heterocycles. The van der Waals surface area contributed by atoms with Crippen LogP contribution in [0.1, 0.15) is 31.2 Å². The summed E-state index contributed by atoms with van der Waals surface area (Å²) >= 11 is 0. The summed E-state index contributed by atoms with van der Waals surface area (Å²) in [4.78, 5) is 0. The molecule has 1 aliphatic rings. The molecule has 0 aromatic heterocycles. The zero-order valence-electron chi connectivity index (χ0n) is 8.16. The maximum Gasteiger partial charge on any atom is -0.00148 e. The molecule has 0 saturated heterocycles. The van der Waals surface area contributed by atoms with Gasteiger partial charge in [0.1, 0.15) is 0 Å². The van der Waals surface area contributed by atoms with Gasteiger partial charge in [0.2, 0.25) is 0 Å². The molecule has 0 aliphatic heterocycles. The molecule has 1 atom stereocenters. The van der Waals surface area contributed by atoms with Crippen LogP contribution in [-0.2, 0) is 0 Å². The van der Waals surface area contributed by atoms with Gasteiger partial charge in [-0.2, -0.15) is 0 Å². The van der Waals surface area contributed by atoms with E-state index in [1.165, 1.54) is 18.4 Å². The highest BCUT2D eigenvalue weighted by Gasteiger charge is 2.46. The van der Waals surface area contributed by atoms with E-state index in [1.807, 2.05) is 0 Å². The molecule has 1 fully saturated rings. The minimum atomic E-state index is 0.432. The molecule has 0 bridgehead atoms. The van der Waals surface area contributed by atoms with Gasteiger partial charge >= 0.3 is 0 Å². The quantitative estimate of drug-likeness (QED) is 0.750. The van der Waals surface area contributed by atoms with Crippen LogP contribution < -0.4 is 5.73 Å². The second-order valence-electron chi connectivity index (χ2n) is 4.20. The van der Waals surface area contributed by atoms with Gasteiger partial charge in [0.25, 0.3) is 0 Å². The molecule has 1 unspecified atom stereocenters. The first-order valence-corrected chi connectivity index (χ1v) is 5.03. The van der Waals surface area contributed by atoms with Crippen LogP contribution in [0.4, 0.5) is 0 Å². The Balaban J connectivity index is 2.18. The van der Waals surface area contributed by atoms with Crippen molar-refractivity contribution in [1.29, 1.82) is 0 Å². The lowest BCUT2D eigenvalue weighted by atomic mass is 9.85. The molecule has 0 radical (unpaired) electrons. The van der Waals surface area contributed by atoms with Gasteiger partial charge in [-0.3, -0.25) is 0 Å². The van der Waals surface area contributed by atoms with Gasteiger partial charge in [0.15, 0.2) is 0 Å². The summed E-state index contributed by atoms with van der Waals surface area (Å²) in [6.07, 6.45) is 2.61. The summed E-state index contributed by atoms with van der Waals surface area (Å²) in [7, 11) is 0. The molecule has 70 valence electrons. The maximum absolute atomic E-state index is 5.81. The average molecular weight is 175 g/mol. The van der Waals surface area contributed by atoms with Crippen LogP contribution in [-0.4, -0.2) is 6.54 Å². The molecule has 1 saturated carbocycles. The van der Waals surface area contributed by atoms with Gasteiger partial charge in [0.05, 0.1) is 0 Å². The van der Waals surface area contributed by atoms with Crippen molar-refractivity contribution in [2.75, 3.05) is 6.54 Å². The third-order valence-electron chi connectivity index (χ3n) is 3.52. The second kappa shape index (κ2) is 3.15. The highest BCUT2D eigenvalue weighted by atomic mass is 14.7. The first kappa shape index (κ1) is 8.76. The highest BCUT2D eigenvalue weighted by molar-refractivity contribution is 5.24. The Morgan fingerprint density at radius 1 is 1.31 bits per heavy atom. The molecule has 0 amide bonds. The van der Waals surface area contributed by atoms with Crippen LogP contribution in [0.3, 0.4) is 0 Å². The Kier molecular flexibility index (Phi) is 2.12. The zero-order valence-corrected chi connectivity index (χ0v) is 8.16. The van der Waals surface area contributed by atoms with E-state index in [0.29, 0.717) is 11.3 Å². The van der Waals surface area contributed by atoms with E-state index in [9.17, 15) is 0 Å². The first-order chi connectivity index (χ1) is 6.28. The molecular formula is C12H17N. The zero-order chi connectivity index (χ0) is 9.31. The Morgan fingerprint density at radius 2 is 1.92 bits per heavy atom. The van der Waals surface area contributed by atoms with Crippen LogP contribution >= 0.6 is 0 Å². The van der Waals surface area contributed by atoms with Gasteiger partial charge in [-0.15, -0.1) is 0 Å². The van der Waals surface area contributed by atoms with Crippen molar-refractivity contribution in [2.24, 2.45) is 11.1 Å². The van der Waals surface area contributed by atoms with Gasteiger partial charge in [-0.1, -0.05) is 37.3 Å². The van der Waals surface area contributed by atoms with E-state index < -0.39 is 0 Å². The summed E-state index contributed by atoms with van der Waals surface area (Å²) < 4.78 is 0. The molecule has 2 N–H and O–H groups in total. The lowest BCUT2D eigenvalue weighted by Gasteiger charge is -2.21. The van der Waals surface area contributed by atoms with Crippen molar-refractivity contribution < 1.29 is 0 Å². The molecule has 2 rings (SSSR count). The number of hydrogen-bond donors (Lipinski definition) is 1. The molecule has 1 aromatic rings. The SMILES string of the molecule is CC(c1ccccc1)C1(CN)CC1. The third kappa shape index (κ3) is 1.49. The minimum absolute atomic E-state index is 0.432. The smallest absolute Gasteiger partial charge is 0.00148 e. The topological polar surface area (TPSA) is 26.0 Å². The van der Waals surface area contributed by atoms with Crippen molar-refractivity contribution in [1.82, 2.24) is 0 Å². The second-order valence-corrected chi connectivity index (χ2v) is 4.20. The maximum atomic E-state index is 5.81. The Morgan fingerprint density at radius 3 is 2.38 bits per heavy atom. The molecule has 1 aliphatic carbocycles. The summed E-state index contributed by atoms with van der Waals surface area (Å²) in [5.41, 5.74) is 7.67. The lowest BCUT2D eigenvalue weighted by Crippen LogP contribution is -2.21. The van der Waals surface area contributed by atoms with E-state index in [0.717, 1.165) is 6.54 Å². The summed E-state index contributed by atoms with van der Waals surface area (Å²) in [5, 5.41) is 0. The molecule has 1 aromatic carbocycles. The van der Waals surface area contributed by atoms with E-state index >= 15 is 0 Å². The Bertz CT molecular complexity index is 274. The third-order valence-corrected chi connectivity index (χ3v) is 3.52. The number of hydrogen-bond acceptors (Lipinski definition) is 1. The van der Waals surface area contributed by atoms with Gasteiger partial charge < -0.3 is 5.73 Å². The Labute approximate surface area is 80.0 Å². The van der Waals surface area contributed by atoms with Crippen molar-refractivity contribution in [3.63, 3.8) is 0 Å². The van der Waals surface area contributed by atoms with Gasteiger partial charge in [-0.25, -0.2) is 0 Å². The van der Waals surface area contributed by atoms with E-state index in [2.05, 4.69) is 37.3 Å². The van der Waals surface area contributed by atoms with E-state index in [-0.39, 0.29) is 0 Å². The van der Waals surface area contributed by atoms with Crippen molar-refractivity contribution in [2.45, 2.75) is 25.7 Å². The fraction of sp³-hybridized carbons (Fsp3) is 0.500. The summed E-state index contributed by atoms with van der Waals surface area (Å²) in [6, 6.07) is 10.7. The standard InChI is InChI=1S/C12H17N/c1-10(12(9-13)7-8-12)11-5-3-2-4-6-11/h2-6,10H,7-9,13H2,1H3. The van der Waals surface area contributed by atoms with Crippen LogP contribution in [0.2, 0.25) is 0 Å². The van der Waals surface area contributed by atoms with E-state index in [1.54, 1.807) is 0 Å². The van der Waals surface area contributed by atoms with Crippen LogP contribution in [0, 0.1) is 5.41 Å². The van der Waals surface area contributed by atoms with Gasteiger partial charge in [0, 0.05) is 0 Å². The number of benzene rings is 1. The predicted molar refractivity (Wildman–Crippen MR) is 55.6 cm³/mol. The molecule has 1 heteroatoms. The van der Waals surface area contributed by atoms with Crippen molar-refractivity contribution in [3.05, 3.63) is 35.9 Å². The fourth-order valence-corrected chi connectivity index (χ4v) is 2.07. The average Bonchev–Trinajstić information content (AvgIpc) is 2.99. The van der Waals surface area contributed by atoms with Gasteiger partial charge in [-0.05, 0) is 36.3 Å². The predicted octanol–water partition coefficient (Wildman–Crippen LogP) is 2.53. The normalized spacial score (nSPS) is 21.1. The van der Waals surface area contributed by atoms with E-state index in [4.69, 9.17) is 5.73 Å². The highest BCUT2D eigenvalue weighted by Crippen LogP contribution is 2.54. The van der Waals surface area contributed by atoms with Crippen LogP contribution in [0.15, 0.2) is 30.3 Å². The number of rotatable bonds is 3.